The van der Waals surface area contributed by atoms with E-state index >= 15 is 0 Å². The van der Waals surface area contributed by atoms with Gasteiger partial charge in [-0.3, -0.25) is 0 Å². The second kappa shape index (κ2) is 3.01. The maximum atomic E-state index is 8.62. The summed E-state index contributed by atoms with van der Waals surface area (Å²) in [7, 11) is 4.79. The largest absolute Gasteiger partial charge is 0.385 e. The number of rotatable bonds is 2. The molecule has 4 heteroatoms. The van der Waals surface area contributed by atoms with Crippen LogP contribution in [-0.4, -0.2) is 38.3 Å². The number of hydroxylamine groups is 2. The van der Waals surface area contributed by atoms with Gasteiger partial charge in [-0.15, -0.1) is 0 Å². The fourth-order valence-corrected chi connectivity index (χ4v) is 0.153. The molecule has 0 heterocycles. The maximum Gasteiger partial charge on any atom is 0.161 e. The molecule has 0 aliphatic rings. The van der Waals surface area contributed by atoms with Crippen molar-refractivity contribution >= 4 is 7.85 Å². The summed E-state index contributed by atoms with van der Waals surface area (Å²) < 4.78 is 0. The van der Waals surface area contributed by atoms with Crippen molar-refractivity contribution in [1.29, 1.82) is 0 Å². The Hall–Kier alpha value is -0.0551. The zero-order valence-corrected chi connectivity index (χ0v) is 4.88. The van der Waals surface area contributed by atoms with Crippen molar-refractivity contribution in [1.82, 2.24) is 5.06 Å². The van der Waals surface area contributed by atoms with Gasteiger partial charge in [-0.25, -0.2) is 0 Å². The van der Waals surface area contributed by atoms with E-state index in [1.807, 2.05) is 0 Å². The van der Waals surface area contributed by atoms with Crippen LogP contribution in [0.25, 0.3) is 0 Å². The standard InChI is InChI=1S/C3H10BNO2/c1-5(7-2)3(4)6/h3,6H,4H2,1-2H3. The molecule has 0 amide bonds. The molecule has 0 bridgehead atoms. The van der Waals surface area contributed by atoms with Crippen LogP contribution in [-0.2, 0) is 4.84 Å². The zero-order valence-electron chi connectivity index (χ0n) is 4.88. The smallest absolute Gasteiger partial charge is 0.161 e. The Morgan fingerprint density at radius 3 is 2.29 bits per heavy atom. The van der Waals surface area contributed by atoms with Crippen molar-refractivity contribution < 1.29 is 9.94 Å². The molecule has 7 heavy (non-hydrogen) atoms. The molecule has 0 aromatic rings. The van der Waals surface area contributed by atoms with E-state index in [0.717, 1.165) is 0 Å². The van der Waals surface area contributed by atoms with E-state index in [-0.39, 0.29) is 0 Å². The maximum absolute atomic E-state index is 8.62. The van der Waals surface area contributed by atoms with Crippen LogP contribution >= 0.6 is 0 Å². The van der Waals surface area contributed by atoms with Gasteiger partial charge in [0.1, 0.15) is 0 Å². The molecule has 1 atom stereocenters. The van der Waals surface area contributed by atoms with Crippen LogP contribution in [0.2, 0.25) is 0 Å². The fraction of sp³-hybridized carbons (Fsp3) is 1.00. The van der Waals surface area contributed by atoms with Gasteiger partial charge in [-0.05, 0) is 0 Å². The molecule has 0 aliphatic heterocycles. The highest BCUT2D eigenvalue weighted by molar-refractivity contribution is 6.10. The van der Waals surface area contributed by atoms with Gasteiger partial charge in [0.2, 0.25) is 0 Å². The van der Waals surface area contributed by atoms with Gasteiger partial charge >= 0.3 is 0 Å². The molecule has 0 aromatic carbocycles. The van der Waals surface area contributed by atoms with Gasteiger partial charge in [0.05, 0.1) is 13.2 Å². The first-order chi connectivity index (χ1) is 3.18. The number of hydrogen-bond donors (Lipinski definition) is 1. The van der Waals surface area contributed by atoms with Gasteiger partial charge in [0.15, 0.2) is 7.85 Å². The molecule has 42 valence electrons. The Balaban J connectivity index is 3.14. The average molecular weight is 103 g/mol. The minimum absolute atomic E-state index is 0.523. The summed E-state index contributed by atoms with van der Waals surface area (Å²) in [6.07, 6.45) is -0.523. The molecule has 1 N–H and O–H groups in total. The lowest BCUT2D eigenvalue weighted by Crippen LogP contribution is -2.30. The quantitative estimate of drug-likeness (QED) is 0.259. The number of nitrogens with zero attached hydrogens (tertiary/aromatic N) is 1. The lowest BCUT2D eigenvalue weighted by Gasteiger charge is -2.15. The van der Waals surface area contributed by atoms with Crippen LogP contribution in [0.15, 0.2) is 0 Å². The van der Waals surface area contributed by atoms with Crippen LogP contribution in [0.1, 0.15) is 0 Å². The van der Waals surface area contributed by atoms with Crippen LogP contribution in [0.3, 0.4) is 0 Å². The van der Waals surface area contributed by atoms with E-state index in [9.17, 15) is 0 Å². The van der Waals surface area contributed by atoms with Crippen molar-refractivity contribution in [3.05, 3.63) is 0 Å². The van der Waals surface area contributed by atoms with Crippen LogP contribution in [0.4, 0.5) is 0 Å². The lowest BCUT2D eigenvalue weighted by molar-refractivity contribution is -0.172. The minimum atomic E-state index is -0.523. The molecule has 0 radical (unpaired) electrons. The van der Waals surface area contributed by atoms with Crippen LogP contribution < -0.4 is 0 Å². The van der Waals surface area contributed by atoms with Crippen molar-refractivity contribution in [3.63, 3.8) is 0 Å². The number of aliphatic hydroxyl groups excluding tert-OH is 1. The molecular formula is C3H10BNO2. The highest BCUT2D eigenvalue weighted by Gasteiger charge is 1.99. The third kappa shape index (κ3) is 2.62. The average Bonchev–Trinajstić information content (AvgIpc) is 1.65. The third-order valence-corrected chi connectivity index (χ3v) is 0.814. The molecule has 0 rings (SSSR count). The summed E-state index contributed by atoms with van der Waals surface area (Å²) in [5.41, 5.74) is 0. The molecule has 1 unspecified atom stereocenters. The molecule has 3 nitrogen and oxygen atoms in total. The molecule has 0 saturated carbocycles. The van der Waals surface area contributed by atoms with Crippen molar-refractivity contribution in [2.45, 2.75) is 6.13 Å². The Morgan fingerprint density at radius 2 is 2.29 bits per heavy atom. The van der Waals surface area contributed by atoms with Crippen molar-refractivity contribution in [2.75, 3.05) is 14.2 Å². The number of aliphatic hydroxyl groups is 1. The zero-order chi connectivity index (χ0) is 5.86. The van der Waals surface area contributed by atoms with Gasteiger partial charge in [0.25, 0.3) is 0 Å². The summed E-state index contributed by atoms with van der Waals surface area (Å²) in [6.45, 7) is 0. The summed E-state index contributed by atoms with van der Waals surface area (Å²) in [5, 5.41) is 9.97. The normalized spacial score (nSPS) is 14.9. The second-order valence-electron chi connectivity index (χ2n) is 1.36. The van der Waals surface area contributed by atoms with E-state index in [2.05, 4.69) is 4.84 Å². The Bertz CT molecular complexity index is 50.2. The van der Waals surface area contributed by atoms with Crippen molar-refractivity contribution in [3.8, 4) is 0 Å². The molecule has 0 spiro atoms. The Morgan fingerprint density at radius 1 is 1.86 bits per heavy atom. The summed E-state index contributed by atoms with van der Waals surface area (Å²) in [4.78, 5) is 4.59. The highest BCUT2D eigenvalue weighted by Crippen LogP contribution is 1.82. The molecular weight excluding hydrogens is 92.8 g/mol. The predicted octanol–water partition coefficient (Wildman–Crippen LogP) is -1.61. The molecule has 0 aromatic heterocycles. The monoisotopic (exact) mass is 103 g/mol. The van der Waals surface area contributed by atoms with Gasteiger partial charge < -0.3 is 9.94 Å². The third-order valence-electron chi connectivity index (χ3n) is 0.814. The summed E-state index contributed by atoms with van der Waals surface area (Å²) >= 11 is 0. The fourth-order valence-electron chi connectivity index (χ4n) is 0.153. The van der Waals surface area contributed by atoms with Gasteiger partial charge in [-0.1, -0.05) is 0 Å². The predicted molar refractivity (Wildman–Crippen MR) is 29.3 cm³/mol. The van der Waals surface area contributed by atoms with E-state index in [1.54, 1.807) is 14.9 Å². The first kappa shape index (κ1) is 6.94. The van der Waals surface area contributed by atoms with Gasteiger partial charge in [0, 0.05) is 7.05 Å². The first-order valence-electron chi connectivity index (χ1n) is 2.13. The van der Waals surface area contributed by atoms with Crippen molar-refractivity contribution in [2.24, 2.45) is 0 Å². The minimum Gasteiger partial charge on any atom is -0.385 e. The van der Waals surface area contributed by atoms with E-state index in [4.69, 9.17) is 5.11 Å². The van der Waals surface area contributed by atoms with Crippen LogP contribution in [0.5, 0.6) is 0 Å². The summed E-state index contributed by atoms with van der Waals surface area (Å²) in [6, 6.07) is 0. The molecule has 0 fully saturated rings. The number of hydrogen-bond acceptors (Lipinski definition) is 3. The second-order valence-corrected chi connectivity index (χ2v) is 1.36. The SMILES string of the molecule is BC(O)N(C)OC. The Labute approximate surface area is 44.2 Å². The van der Waals surface area contributed by atoms with Gasteiger partial charge in [-0.2, -0.15) is 5.06 Å². The summed E-state index contributed by atoms with van der Waals surface area (Å²) in [5.74, 6) is 0. The highest BCUT2D eigenvalue weighted by atomic mass is 16.7. The first-order valence-corrected chi connectivity index (χ1v) is 2.13. The van der Waals surface area contributed by atoms with Crippen LogP contribution in [0, 0.1) is 0 Å². The lowest BCUT2D eigenvalue weighted by atomic mass is 10.1. The van der Waals surface area contributed by atoms with E-state index in [1.165, 1.54) is 12.2 Å². The van der Waals surface area contributed by atoms with E-state index < -0.39 is 6.13 Å². The Kier molecular flexibility index (Phi) is 2.99. The molecule has 0 saturated heterocycles. The topological polar surface area (TPSA) is 32.7 Å². The molecule has 0 aliphatic carbocycles. The van der Waals surface area contributed by atoms with E-state index in [0.29, 0.717) is 0 Å².